The molecule has 1 fully saturated rings. The molecule has 0 aliphatic carbocycles. The van der Waals surface area contributed by atoms with Crippen molar-refractivity contribution < 1.29 is 14.1 Å². The number of amides is 1. The van der Waals surface area contributed by atoms with Gasteiger partial charge in [-0.2, -0.15) is 4.98 Å². The number of hydrogen-bond donors (Lipinski definition) is 0. The van der Waals surface area contributed by atoms with Gasteiger partial charge in [0.05, 0.1) is 18.0 Å². The van der Waals surface area contributed by atoms with Crippen molar-refractivity contribution >= 4 is 17.2 Å². The van der Waals surface area contributed by atoms with Gasteiger partial charge in [0, 0.05) is 24.9 Å². The molecule has 3 heterocycles. The molecule has 0 N–H and O–H groups in total. The minimum Gasteiger partial charge on any atom is -0.496 e. The predicted octanol–water partition coefficient (Wildman–Crippen LogP) is 2.43. The molecular weight excluding hydrogens is 278 g/mol. The highest BCUT2D eigenvalue weighted by molar-refractivity contribution is 7.12. The number of carbonyl (C=O) groups is 1. The van der Waals surface area contributed by atoms with Crippen LogP contribution in [0.5, 0.6) is 5.75 Å². The lowest BCUT2D eigenvalue weighted by molar-refractivity contribution is 0.0733. The van der Waals surface area contributed by atoms with Crippen LogP contribution >= 0.6 is 11.3 Å². The first kappa shape index (κ1) is 13.1. The number of hydrogen-bond acceptors (Lipinski definition) is 6. The molecule has 1 amide bonds. The number of thiophene rings is 1. The van der Waals surface area contributed by atoms with E-state index in [-0.39, 0.29) is 11.9 Å². The summed E-state index contributed by atoms with van der Waals surface area (Å²) in [6, 6.07) is 1.68. The van der Waals surface area contributed by atoms with Crippen LogP contribution in [-0.4, -0.2) is 34.6 Å². The zero-order valence-corrected chi connectivity index (χ0v) is 12.1. The van der Waals surface area contributed by atoms with Crippen LogP contribution in [0, 0.1) is 6.92 Å². The van der Waals surface area contributed by atoms with E-state index in [1.807, 2.05) is 10.3 Å². The molecule has 0 aromatic carbocycles. The smallest absolute Gasteiger partial charge is 0.264 e. The molecule has 3 rings (SSSR count). The number of aryl methyl sites for hydroxylation is 1. The van der Waals surface area contributed by atoms with Crippen molar-refractivity contribution in [3.05, 3.63) is 28.0 Å². The van der Waals surface area contributed by atoms with Crippen LogP contribution in [0.3, 0.4) is 0 Å². The van der Waals surface area contributed by atoms with Gasteiger partial charge in [0.2, 0.25) is 5.89 Å². The predicted molar refractivity (Wildman–Crippen MR) is 72.9 cm³/mol. The average molecular weight is 293 g/mol. The van der Waals surface area contributed by atoms with E-state index in [1.165, 1.54) is 11.3 Å². The summed E-state index contributed by atoms with van der Waals surface area (Å²) in [6.07, 6.45) is 1.82. The van der Waals surface area contributed by atoms with Crippen molar-refractivity contribution in [2.75, 3.05) is 13.7 Å². The van der Waals surface area contributed by atoms with Gasteiger partial charge in [-0.15, -0.1) is 11.3 Å². The topological polar surface area (TPSA) is 68.5 Å². The van der Waals surface area contributed by atoms with Gasteiger partial charge in [0.1, 0.15) is 5.75 Å². The molecule has 2 aromatic rings. The van der Waals surface area contributed by atoms with E-state index in [4.69, 9.17) is 9.26 Å². The summed E-state index contributed by atoms with van der Waals surface area (Å²) in [5.74, 6) is 1.83. The maximum absolute atomic E-state index is 12.6. The van der Waals surface area contributed by atoms with E-state index in [2.05, 4.69) is 10.1 Å². The molecule has 1 aliphatic heterocycles. The van der Waals surface area contributed by atoms with Gasteiger partial charge in [-0.1, -0.05) is 5.16 Å². The van der Waals surface area contributed by atoms with E-state index in [0.717, 1.165) is 19.4 Å². The van der Waals surface area contributed by atoms with Crippen molar-refractivity contribution in [3.8, 4) is 5.75 Å². The lowest BCUT2D eigenvalue weighted by Gasteiger charge is -2.21. The first-order valence-corrected chi connectivity index (χ1v) is 7.30. The Morgan fingerprint density at radius 3 is 3.10 bits per heavy atom. The van der Waals surface area contributed by atoms with Crippen molar-refractivity contribution in [1.29, 1.82) is 0 Å². The molecule has 7 heteroatoms. The van der Waals surface area contributed by atoms with Crippen LogP contribution < -0.4 is 4.74 Å². The highest BCUT2D eigenvalue weighted by Crippen LogP contribution is 2.33. The highest BCUT2D eigenvalue weighted by Gasteiger charge is 2.34. The summed E-state index contributed by atoms with van der Waals surface area (Å²) in [6.45, 7) is 2.47. The molecule has 1 unspecified atom stereocenters. The molecule has 20 heavy (non-hydrogen) atoms. The summed E-state index contributed by atoms with van der Waals surface area (Å²) in [5, 5.41) is 5.77. The van der Waals surface area contributed by atoms with E-state index >= 15 is 0 Å². The number of aromatic nitrogens is 2. The fraction of sp³-hybridized carbons (Fsp3) is 0.462. The molecule has 0 spiro atoms. The molecule has 6 nitrogen and oxygen atoms in total. The first-order valence-electron chi connectivity index (χ1n) is 6.42. The summed E-state index contributed by atoms with van der Waals surface area (Å²) >= 11 is 1.39. The number of methoxy groups -OCH3 is 1. The second kappa shape index (κ2) is 5.24. The van der Waals surface area contributed by atoms with Crippen LogP contribution in [0.2, 0.25) is 0 Å². The van der Waals surface area contributed by atoms with Crippen molar-refractivity contribution in [3.63, 3.8) is 0 Å². The monoisotopic (exact) mass is 293 g/mol. The van der Waals surface area contributed by atoms with Gasteiger partial charge in [-0.25, -0.2) is 0 Å². The van der Waals surface area contributed by atoms with Gasteiger partial charge in [-0.3, -0.25) is 4.79 Å². The largest absolute Gasteiger partial charge is 0.496 e. The molecule has 0 bridgehead atoms. The lowest BCUT2D eigenvalue weighted by atomic mass is 10.2. The van der Waals surface area contributed by atoms with Crippen LogP contribution in [0.1, 0.15) is 40.3 Å². The Balaban J connectivity index is 1.83. The molecular formula is C13H15N3O3S. The van der Waals surface area contributed by atoms with Gasteiger partial charge >= 0.3 is 0 Å². The second-order valence-corrected chi connectivity index (χ2v) is 5.59. The fourth-order valence-electron chi connectivity index (χ4n) is 2.41. The minimum absolute atomic E-state index is 0.00301. The first-order chi connectivity index (χ1) is 9.69. The van der Waals surface area contributed by atoms with Gasteiger partial charge < -0.3 is 14.2 Å². The van der Waals surface area contributed by atoms with Gasteiger partial charge in [0.25, 0.3) is 5.91 Å². The summed E-state index contributed by atoms with van der Waals surface area (Å²) < 4.78 is 10.1. The summed E-state index contributed by atoms with van der Waals surface area (Å²) in [4.78, 5) is 19.3. The lowest BCUT2D eigenvalue weighted by Crippen LogP contribution is -2.30. The zero-order chi connectivity index (χ0) is 14.1. The summed E-state index contributed by atoms with van der Waals surface area (Å²) in [7, 11) is 1.59. The van der Waals surface area contributed by atoms with Gasteiger partial charge in [-0.05, 0) is 12.8 Å². The van der Waals surface area contributed by atoms with Crippen LogP contribution in [-0.2, 0) is 0 Å². The third-order valence-electron chi connectivity index (χ3n) is 3.38. The Morgan fingerprint density at radius 2 is 2.45 bits per heavy atom. The zero-order valence-electron chi connectivity index (χ0n) is 11.3. The highest BCUT2D eigenvalue weighted by atomic mass is 32.1. The molecule has 106 valence electrons. The molecule has 0 radical (unpaired) electrons. The van der Waals surface area contributed by atoms with E-state index < -0.39 is 0 Å². The minimum atomic E-state index is -0.0898. The summed E-state index contributed by atoms with van der Waals surface area (Å²) in [5.41, 5.74) is 0. The van der Waals surface area contributed by atoms with Crippen LogP contribution in [0.25, 0.3) is 0 Å². The molecule has 1 atom stereocenters. The quantitative estimate of drug-likeness (QED) is 0.869. The Morgan fingerprint density at radius 1 is 1.60 bits per heavy atom. The maximum atomic E-state index is 12.6. The van der Waals surface area contributed by atoms with Gasteiger partial charge in [0.15, 0.2) is 5.82 Å². The van der Waals surface area contributed by atoms with Crippen molar-refractivity contribution in [1.82, 2.24) is 15.0 Å². The number of rotatable bonds is 3. The Labute approximate surface area is 120 Å². The van der Waals surface area contributed by atoms with E-state index in [9.17, 15) is 4.79 Å². The Bertz CT molecular complexity index is 622. The number of likely N-dealkylation sites (tertiary alicyclic amines) is 1. The van der Waals surface area contributed by atoms with Crippen LogP contribution in [0.15, 0.2) is 16.0 Å². The molecule has 1 aliphatic rings. The number of nitrogens with zero attached hydrogens (tertiary/aromatic N) is 3. The standard InChI is InChI=1S/C13H15N3O3S/c1-8-14-12(15-19-8)10-4-3-5-16(10)13(17)11-6-9(18-2)7-20-11/h6-7,10H,3-5H2,1-2H3. The van der Waals surface area contributed by atoms with E-state index in [0.29, 0.717) is 22.3 Å². The maximum Gasteiger partial charge on any atom is 0.264 e. The second-order valence-electron chi connectivity index (χ2n) is 4.68. The van der Waals surface area contributed by atoms with E-state index in [1.54, 1.807) is 20.1 Å². The Hall–Kier alpha value is -1.89. The fourth-order valence-corrected chi connectivity index (χ4v) is 3.22. The third kappa shape index (κ3) is 2.29. The van der Waals surface area contributed by atoms with Crippen molar-refractivity contribution in [2.45, 2.75) is 25.8 Å². The average Bonchev–Trinajstić information content (AvgIpc) is 3.17. The number of carbonyl (C=O) groups excluding carboxylic acids is 1. The SMILES string of the molecule is COc1csc(C(=O)N2CCCC2c2noc(C)n2)c1. The molecule has 2 aromatic heterocycles. The van der Waals surface area contributed by atoms with Crippen molar-refractivity contribution in [2.24, 2.45) is 0 Å². The molecule has 0 saturated carbocycles. The third-order valence-corrected chi connectivity index (χ3v) is 4.27. The number of ether oxygens (including phenoxy) is 1. The molecule has 1 saturated heterocycles. The van der Waals surface area contributed by atoms with Crippen LogP contribution in [0.4, 0.5) is 0 Å². The normalized spacial score (nSPS) is 18.5. The Kier molecular flexibility index (Phi) is 3.43.